The molecule has 4 nitrogen and oxygen atoms in total. The van der Waals surface area contributed by atoms with Gasteiger partial charge >= 0.3 is 0 Å². The fourth-order valence-electron chi connectivity index (χ4n) is 2.95. The Labute approximate surface area is 119 Å². The second-order valence-electron chi connectivity index (χ2n) is 6.00. The van der Waals surface area contributed by atoms with Crippen LogP contribution in [0.1, 0.15) is 31.2 Å². The number of hydrogen-bond acceptors (Lipinski definition) is 3. The van der Waals surface area contributed by atoms with Crippen LogP contribution in [0.3, 0.4) is 0 Å². The lowest BCUT2D eigenvalue weighted by Gasteiger charge is -2.24. The lowest BCUT2D eigenvalue weighted by Crippen LogP contribution is -2.39. The number of nitrogens with one attached hydrogen (secondary N) is 1. The molecule has 3 rings (SSSR count). The van der Waals surface area contributed by atoms with Crippen LogP contribution in [0.4, 0.5) is 5.69 Å². The van der Waals surface area contributed by atoms with E-state index < -0.39 is 0 Å². The number of anilines is 1. The molecule has 1 aliphatic heterocycles. The van der Waals surface area contributed by atoms with E-state index >= 15 is 0 Å². The van der Waals surface area contributed by atoms with Crippen molar-refractivity contribution in [3.63, 3.8) is 0 Å². The topological polar surface area (TPSA) is 64.4 Å². The van der Waals surface area contributed by atoms with Gasteiger partial charge < -0.3 is 15.8 Å². The number of ether oxygens (including phenoxy) is 1. The standard InChI is InChI=1S/C16H22N2O2/c17-14-5-3-13(4-6-14)16(7-8-16)15(19)18-10-12-2-1-9-20-11-12/h3-6,12H,1-2,7-11,17H2,(H,18,19). The molecule has 0 bridgehead atoms. The average molecular weight is 274 g/mol. The minimum absolute atomic E-state index is 0.160. The number of benzene rings is 1. The Bertz CT molecular complexity index is 474. The van der Waals surface area contributed by atoms with Gasteiger partial charge in [0.15, 0.2) is 0 Å². The Hall–Kier alpha value is -1.55. The second kappa shape index (κ2) is 5.44. The number of nitrogens with two attached hydrogens (primary N) is 1. The van der Waals surface area contributed by atoms with Gasteiger partial charge in [-0.1, -0.05) is 12.1 Å². The second-order valence-corrected chi connectivity index (χ2v) is 6.00. The lowest BCUT2D eigenvalue weighted by atomic mass is 9.94. The predicted molar refractivity (Wildman–Crippen MR) is 78.3 cm³/mol. The van der Waals surface area contributed by atoms with Crippen LogP contribution in [-0.2, 0) is 14.9 Å². The van der Waals surface area contributed by atoms with E-state index in [4.69, 9.17) is 10.5 Å². The highest BCUT2D eigenvalue weighted by Gasteiger charge is 2.51. The van der Waals surface area contributed by atoms with Gasteiger partial charge in [0.2, 0.25) is 5.91 Å². The molecule has 1 aromatic rings. The molecule has 2 fully saturated rings. The minimum Gasteiger partial charge on any atom is -0.399 e. The molecule has 2 aliphatic rings. The smallest absolute Gasteiger partial charge is 0.230 e. The number of carbonyl (C=O) groups is 1. The first-order chi connectivity index (χ1) is 9.71. The molecule has 1 saturated carbocycles. The van der Waals surface area contributed by atoms with Gasteiger partial charge in [0.1, 0.15) is 0 Å². The first-order valence-corrected chi connectivity index (χ1v) is 7.43. The summed E-state index contributed by atoms with van der Waals surface area (Å²) < 4.78 is 5.45. The number of amides is 1. The van der Waals surface area contributed by atoms with E-state index in [1.54, 1.807) is 0 Å². The Morgan fingerprint density at radius 1 is 1.35 bits per heavy atom. The van der Waals surface area contributed by atoms with E-state index in [-0.39, 0.29) is 11.3 Å². The number of carbonyl (C=O) groups excluding carboxylic acids is 1. The van der Waals surface area contributed by atoms with Gasteiger partial charge in [0, 0.05) is 18.8 Å². The van der Waals surface area contributed by atoms with Crippen LogP contribution in [-0.4, -0.2) is 25.7 Å². The van der Waals surface area contributed by atoms with Crippen LogP contribution in [0.2, 0.25) is 0 Å². The van der Waals surface area contributed by atoms with Crippen molar-refractivity contribution >= 4 is 11.6 Å². The summed E-state index contributed by atoms with van der Waals surface area (Å²) in [5.74, 6) is 0.628. The van der Waals surface area contributed by atoms with E-state index in [1.807, 2.05) is 24.3 Å². The number of rotatable bonds is 4. The van der Waals surface area contributed by atoms with Gasteiger partial charge in [-0.2, -0.15) is 0 Å². The van der Waals surface area contributed by atoms with Gasteiger partial charge in [-0.15, -0.1) is 0 Å². The highest BCUT2D eigenvalue weighted by atomic mass is 16.5. The summed E-state index contributed by atoms with van der Waals surface area (Å²) in [6.07, 6.45) is 4.12. The van der Waals surface area contributed by atoms with Crippen LogP contribution < -0.4 is 11.1 Å². The van der Waals surface area contributed by atoms with Crippen molar-refractivity contribution in [2.75, 3.05) is 25.5 Å². The van der Waals surface area contributed by atoms with Crippen molar-refractivity contribution < 1.29 is 9.53 Å². The highest BCUT2D eigenvalue weighted by molar-refractivity contribution is 5.91. The van der Waals surface area contributed by atoms with Gasteiger partial charge in [-0.25, -0.2) is 0 Å². The highest BCUT2D eigenvalue weighted by Crippen LogP contribution is 2.48. The molecule has 1 unspecified atom stereocenters. The van der Waals surface area contributed by atoms with Crippen molar-refractivity contribution in [1.82, 2.24) is 5.32 Å². The molecular formula is C16H22N2O2. The van der Waals surface area contributed by atoms with E-state index in [1.165, 1.54) is 0 Å². The van der Waals surface area contributed by atoms with Gasteiger partial charge in [-0.3, -0.25) is 4.79 Å². The van der Waals surface area contributed by atoms with Crippen LogP contribution in [0.15, 0.2) is 24.3 Å². The van der Waals surface area contributed by atoms with Crippen molar-refractivity contribution in [3.8, 4) is 0 Å². The number of hydrogen-bond donors (Lipinski definition) is 2. The third-order valence-corrected chi connectivity index (χ3v) is 4.45. The summed E-state index contributed by atoms with van der Waals surface area (Å²) >= 11 is 0. The maximum absolute atomic E-state index is 12.5. The molecule has 4 heteroatoms. The zero-order valence-electron chi connectivity index (χ0n) is 11.7. The van der Waals surface area contributed by atoms with Crippen LogP contribution >= 0.6 is 0 Å². The quantitative estimate of drug-likeness (QED) is 0.823. The monoisotopic (exact) mass is 274 g/mol. The van der Waals surface area contributed by atoms with Crippen LogP contribution in [0, 0.1) is 5.92 Å². The Kier molecular flexibility index (Phi) is 3.66. The first-order valence-electron chi connectivity index (χ1n) is 7.43. The SMILES string of the molecule is Nc1ccc(C2(C(=O)NCC3CCCOC3)CC2)cc1. The normalized spacial score (nSPS) is 24.1. The van der Waals surface area contributed by atoms with E-state index in [2.05, 4.69) is 5.32 Å². The molecule has 0 aromatic heterocycles. The molecule has 1 atom stereocenters. The minimum atomic E-state index is -0.302. The summed E-state index contributed by atoms with van der Waals surface area (Å²) in [4.78, 5) is 12.5. The molecule has 1 aromatic carbocycles. The fourth-order valence-corrected chi connectivity index (χ4v) is 2.95. The summed E-state index contributed by atoms with van der Waals surface area (Å²) in [6.45, 7) is 2.37. The van der Waals surface area contributed by atoms with E-state index in [9.17, 15) is 4.79 Å². The van der Waals surface area contributed by atoms with Gasteiger partial charge in [0.05, 0.1) is 12.0 Å². The van der Waals surface area contributed by atoms with Crippen molar-refractivity contribution in [2.24, 2.45) is 5.92 Å². The molecule has 20 heavy (non-hydrogen) atoms. The zero-order chi connectivity index (χ0) is 14.0. The molecule has 1 aliphatic carbocycles. The summed E-state index contributed by atoms with van der Waals surface area (Å²) in [5.41, 5.74) is 7.23. The molecule has 1 saturated heterocycles. The molecule has 108 valence electrons. The van der Waals surface area contributed by atoms with Crippen LogP contribution in [0.25, 0.3) is 0 Å². The largest absolute Gasteiger partial charge is 0.399 e. The van der Waals surface area contributed by atoms with Crippen molar-refractivity contribution in [1.29, 1.82) is 0 Å². The van der Waals surface area contributed by atoms with Crippen LogP contribution in [0.5, 0.6) is 0 Å². The number of nitrogen functional groups attached to an aromatic ring is 1. The molecule has 0 spiro atoms. The first kappa shape index (κ1) is 13.4. The maximum Gasteiger partial charge on any atom is 0.230 e. The third-order valence-electron chi connectivity index (χ3n) is 4.45. The summed E-state index contributed by atoms with van der Waals surface area (Å²) in [5, 5.41) is 3.12. The Morgan fingerprint density at radius 2 is 2.10 bits per heavy atom. The van der Waals surface area contributed by atoms with Gasteiger partial charge in [0.25, 0.3) is 0 Å². The lowest BCUT2D eigenvalue weighted by molar-refractivity contribution is -0.124. The molecule has 0 radical (unpaired) electrons. The molecular weight excluding hydrogens is 252 g/mol. The summed E-state index contributed by atoms with van der Waals surface area (Å²) in [6, 6.07) is 7.70. The van der Waals surface area contributed by atoms with Crippen molar-refractivity contribution in [2.45, 2.75) is 31.1 Å². The zero-order valence-corrected chi connectivity index (χ0v) is 11.7. The van der Waals surface area contributed by atoms with Gasteiger partial charge in [-0.05, 0) is 49.3 Å². The molecule has 1 amide bonds. The predicted octanol–water partition coefficient (Wildman–Crippen LogP) is 1.84. The Balaban J connectivity index is 1.60. The maximum atomic E-state index is 12.5. The van der Waals surface area contributed by atoms with E-state index in [0.29, 0.717) is 5.92 Å². The molecule has 1 heterocycles. The third kappa shape index (κ3) is 2.66. The van der Waals surface area contributed by atoms with Crippen molar-refractivity contribution in [3.05, 3.63) is 29.8 Å². The Morgan fingerprint density at radius 3 is 2.70 bits per heavy atom. The summed E-state index contributed by atoms with van der Waals surface area (Å²) in [7, 11) is 0. The van der Waals surface area contributed by atoms with E-state index in [0.717, 1.165) is 56.7 Å². The fraction of sp³-hybridized carbons (Fsp3) is 0.562. The average Bonchev–Trinajstić information content (AvgIpc) is 3.28. The molecule has 3 N–H and O–H groups in total.